The van der Waals surface area contributed by atoms with Crippen LogP contribution in [0.3, 0.4) is 0 Å². The van der Waals surface area contributed by atoms with Crippen LogP contribution in [-0.2, 0) is 5.60 Å². The molecule has 0 saturated carbocycles. The molecule has 0 saturated heterocycles. The number of aliphatic hydroxyl groups is 1. The normalized spacial score (nSPS) is 16.6. The van der Waals surface area contributed by atoms with Crippen LogP contribution in [-0.4, -0.2) is 17.8 Å². The van der Waals surface area contributed by atoms with Crippen LogP contribution in [0.25, 0.3) is 0 Å². The minimum absolute atomic E-state index is 0.115. The fraction of sp³-hybridized carbons (Fsp3) is 0.500. The van der Waals surface area contributed by atoms with Crippen molar-refractivity contribution in [3.63, 3.8) is 0 Å². The first-order chi connectivity index (χ1) is 6.42. The summed E-state index contributed by atoms with van der Waals surface area (Å²) in [6, 6.07) is 2.72. The van der Waals surface area contributed by atoms with Crippen molar-refractivity contribution in [2.24, 2.45) is 5.73 Å². The molecule has 0 amide bonds. The van der Waals surface area contributed by atoms with Gasteiger partial charge in [-0.2, -0.15) is 13.2 Å². The molecule has 0 bridgehead atoms. The van der Waals surface area contributed by atoms with Gasteiger partial charge in [0.1, 0.15) is 0 Å². The molecule has 0 aliphatic heterocycles. The van der Waals surface area contributed by atoms with E-state index in [-0.39, 0.29) is 11.4 Å². The van der Waals surface area contributed by atoms with Crippen LogP contribution >= 0.6 is 11.3 Å². The second-order valence-corrected chi connectivity index (χ2v) is 3.82. The molecule has 1 aromatic rings. The van der Waals surface area contributed by atoms with Crippen molar-refractivity contribution < 1.29 is 18.3 Å². The average Bonchev–Trinajstić information content (AvgIpc) is 2.54. The monoisotopic (exact) mass is 225 g/mol. The lowest BCUT2D eigenvalue weighted by molar-refractivity contribution is -0.267. The lowest BCUT2D eigenvalue weighted by Crippen LogP contribution is -2.43. The number of halogens is 3. The standard InChI is InChI=1S/C8H10F3NOS/c9-8(10,11)7(13,3-4-12)6-2-1-5-14-6/h1-2,5,13H,3-4,12H2. The summed E-state index contributed by atoms with van der Waals surface area (Å²) < 4.78 is 37.7. The largest absolute Gasteiger partial charge is 0.422 e. The van der Waals surface area contributed by atoms with E-state index in [4.69, 9.17) is 5.73 Å². The molecule has 14 heavy (non-hydrogen) atoms. The molecule has 0 aliphatic rings. The van der Waals surface area contributed by atoms with Crippen LogP contribution < -0.4 is 5.73 Å². The molecule has 80 valence electrons. The number of hydrogen-bond donors (Lipinski definition) is 2. The van der Waals surface area contributed by atoms with Gasteiger partial charge in [-0.05, 0) is 18.0 Å². The van der Waals surface area contributed by atoms with Crippen molar-refractivity contribution in [1.82, 2.24) is 0 Å². The molecule has 0 radical (unpaired) electrons. The number of alkyl halides is 3. The zero-order valence-corrected chi connectivity index (χ0v) is 8.03. The summed E-state index contributed by atoms with van der Waals surface area (Å²) in [4.78, 5) is -0.115. The van der Waals surface area contributed by atoms with Gasteiger partial charge in [-0.3, -0.25) is 0 Å². The van der Waals surface area contributed by atoms with Crippen LogP contribution in [0.5, 0.6) is 0 Å². The summed E-state index contributed by atoms with van der Waals surface area (Å²) in [5.41, 5.74) is 2.27. The maximum Gasteiger partial charge on any atom is 0.422 e. The van der Waals surface area contributed by atoms with Crippen molar-refractivity contribution in [2.75, 3.05) is 6.54 Å². The molecule has 3 N–H and O–H groups in total. The highest BCUT2D eigenvalue weighted by atomic mass is 32.1. The smallest absolute Gasteiger partial charge is 0.376 e. The summed E-state index contributed by atoms with van der Waals surface area (Å²) in [6.07, 6.45) is -5.20. The number of rotatable bonds is 3. The Balaban J connectivity index is 3.06. The molecule has 1 unspecified atom stereocenters. The van der Waals surface area contributed by atoms with Gasteiger partial charge in [-0.1, -0.05) is 6.07 Å². The van der Waals surface area contributed by atoms with Gasteiger partial charge in [0, 0.05) is 11.3 Å². The van der Waals surface area contributed by atoms with Gasteiger partial charge < -0.3 is 10.8 Å². The first-order valence-corrected chi connectivity index (χ1v) is 4.83. The van der Waals surface area contributed by atoms with Crippen LogP contribution in [0.2, 0.25) is 0 Å². The lowest BCUT2D eigenvalue weighted by atomic mass is 9.97. The molecule has 0 aliphatic carbocycles. The van der Waals surface area contributed by atoms with Crippen LogP contribution in [0, 0.1) is 0 Å². The number of nitrogens with two attached hydrogens (primary N) is 1. The Morgan fingerprint density at radius 2 is 2.07 bits per heavy atom. The third-order valence-corrected chi connectivity index (χ3v) is 2.92. The molecule has 1 rings (SSSR count). The van der Waals surface area contributed by atoms with E-state index < -0.39 is 18.2 Å². The molecule has 1 heterocycles. The third-order valence-electron chi connectivity index (χ3n) is 1.90. The van der Waals surface area contributed by atoms with E-state index in [1.807, 2.05) is 0 Å². The van der Waals surface area contributed by atoms with Crippen molar-refractivity contribution >= 4 is 11.3 Å². The number of hydrogen-bond acceptors (Lipinski definition) is 3. The predicted octanol–water partition coefficient (Wildman–Crippen LogP) is 1.85. The van der Waals surface area contributed by atoms with E-state index in [2.05, 4.69) is 0 Å². The Kier molecular flexibility index (Phi) is 3.18. The summed E-state index contributed by atoms with van der Waals surface area (Å²) in [7, 11) is 0. The van der Waals surface area contributed by atoms with E-state index in [0.29, 0.717) is 0 Å². The Labute approximate surface area is 83.2 Å². The Hall–Kier alpha value is -0.590. The maximum absolute atomic E-state index is 12.6. The number of thiophene rings is 1. The highest BCUT2D eigenvalue weighted by Gasteiger charge is 2.54. The quantitative estimate of drug-likeness (QED) is 0.824. The van der Waals surface area contributed by atoms with E-state index in [1.54, 1.807) is 0 Å². The molecule has 6 heteroatoms. The topological polar surface area (TPSA) is 46.2 Å². The fourth-order valence-corrected chi connectivity index (χ4v) is 2.00. The van der Waals surface area contributed by atoms with Gasteiger partial charge in [0.25, 0.3) is 0 Å². The predicted molar refractivity (Wildman–Crippen MR) is 47.9 cm³/mol. The Morgan fingerprint density at radius 3 is 2.43 bits per heavy atom. The summed E-state index contributed by atoms with van der Waals surface area (Å²) >= 11 is 0.871. The average molecular weight is 225 g/mol. The zero-order chi connectivity index (χ0) is 10.8. The zero-order valence-electron chi connectivity index (χ0n) is 7.21. The summed E-state index contributed by atoms with van der Waals surface area (Å²) in [5, 5.41) is 11.0. The Bertz CT molecular complexity index is 285. The first kappa shape index (κ1) is 11.5. The van der Waals surface area contributed by atoms with Gasteiger partial charge in [0.15, 0.2) is 5.60 Å². The molecular weight excluding hydrogens is 215 g/mol. The van der Waals surface area contributed by atoms with E-state index in [9.17, 15) is 18.3 Å². The minimum atomic E-state index is -4.68. The second-order valence-electron chi connectivity index (χ2n) is 2.87. The van der Waals surface area contributed by atoms with E-state index in [1.165, 1.54) is 17.5 Å². The fourth-order valence-electron chi connectivity index (χ4n) is 1.13. The SMILES string of the molecule is NCCC(O)(c1cccs1)C(F)(F)F. The van der Waals surface area contributed by atoms with Gasteiger partial charge in [0.2, 0.25) is 0 Å². The molecule has 1 atom stereocenters. The molecule has 1 aromatic heterocycles. The van der Waals surface area contributed by atoms with Crippen molar-refractivity contribution in [3.8, 4) is 0 Å². The minimum Gasteiger partial charge on any atom is -0.376 e. The highest BCUT2D eigenvalue weighted by Crippen LogP contribution is 2.42. The summed E-state index contributed by atoms with van der Waals surface area (Å²) in [6.45, 7) is -0.214. The van der Waals surface area contributed by atoms with E-state index in [0.717, 1.165) is 11.3 Å². The van der Waals surface area contributed by atoms with E-state index >= 15 is 0 Å². The van der Waals surface area contributed by atoms with Crippen LogP contribution in [0.1, 0.15) is 11.3 Å². The van der Waals surface area contributed by atoms with Crippen molar-refractivity contribution in [1.29, 1.82) is 0 Å². The molecular formula is C8H10F3NOS. The van der Waals surface area contributed by atoms with Gasteiger partial charge in [-0.25, -0.2) is 0 Å². The van der Waals surface area contributed by atoms with Crippen molar-refractivity contribution in [2.45, 2.75) is 18.2 Å². The molecule has 2 nitrogen and oxygen atoms in total. The van der Waals surface area contributed by atoms with Gasteiger partial charge >= 0.3 is 6.18 Å². The Morgan fingerprint density at radius 1 is 1.43 bits per heavy atom. The highest BCUT2D eigenvalue weighted by molar-refractivity contribution is 7.10. The molecule has 0 fully saturated rings. The maximum atomic E-state index is 12.6. The molecule has 0 aromatic carbocycles. The molecule has 0 spiro atoms. The third kappa shape index (κ3) is 1.92. The lowest BCUT2D eigenvalue weighted by Gasteiger charge is -2.28. The van der Waals surface area contributed by atoms with Crippen LogP contribution in [0.4, 0.5) is 13.2 Å². The van der Waals surface area contributed by atoms with Gasteiger partial charge in [-0.15, -0.1) is 11.3 Å². The first-order valence-electron chi connectivity index (χ1n) is 3.95. The van der Waals surface area contributed by atoms with Crippen LogP contribution in [0.15, 0.2) is 17.5 Å². The second kappa shape index (κ2) is 3.88. The van der Waals surface area contributed by atoms with Crippen molar-refractivity contribution in [3.05, 3.63) is 22.4 Å². The van der Waals surface area contributed by atoms with Gasteiger partial charge in [0.05, 0.1) is 0 Å². The summed E-state index contributed by atoms with van der Waals surface area (Å²) in [5.74, 6) is 0.